The van der Waals surface area contributed by atoms with E-state index in [0.717, 1.165) is 41.7 Å². The van der Waals surface area contributed by atoms with Crippen LogP contribution in [0.3, 0.4) is 0 Å². The van der Waals surface area contributed by atoms with E-state index in [1.54, 1.807) is 0 Å². The topological polar surface area (TPSA) is 23.8 Å². The van der Waals surface area contributed by atoms with Crippen LogP contribution >= 0.6 is 0 Å². The maximum absolute atomic E-state index is 12.6. The van der Waals surface area contributed by atoms with Crippen molar-refractivity contribution in [1.82, 2.24) is 0 Å². The van der Waals surface area contributed by atoms with Gasteiger partial charge in [-0.3, -0.25) is 0 Å². The highest BCUT2D eigenvalue weighted by atomic mass is 19.4. The van der Waals surface area contributed by atoms with Gasteiger partial charge in [-0.15, -0.1) is 0 Å². The first-order valence-corrected chi connectivity index (χ1v) is 6.64. The molecule has 1 fully saturated rings. The van der Waals surface area contributed by atoms with Crippen molar-refractivity contribution in [3.8, 4) is 17.2 Å². The Hall–Kier alpha value is -2.28. The number of rotatable bonds is 2. The summed E-state index contributed by atoms with van der Waals surface area (Å²) >= 11 is 0. The summed E-state index contributed by atoms with van der Waals surface area (Å²) in [4.78, 5) is 0. The van der Waals surface area contributed by atoms with Crippen LogP contribution in [0.15, 0.2) is 48.5 Å². The van der Waals surface area contributed by atoms with Crippen LogP contribution in [0.5, 0.6) is 0 Å². The van der Waals surface area contributed by atoms with E-state index in [-0.39, 0.29) is 5.41 Å². The molecule has 1 saturated carbocycles. The van der Waals surface area contributed by atoms with E-state index in [2.05, 4.69) is 6.07 Å². The van der Waals surface area contributed by atoms with Crippen LogP contribution in [0, 0.1) is 11.3 Å². The Labute approximate surface area is 120 Å². The number of hydrogen-bond acceptors (Lipinski definition) is 1. The number of hydrogen-bond donors (Lipinski definition) is 0. The Morgan fingerprint density at radius 3 is 2.14 bits per heavy atom. The van der Waals surface area contributed by atoms with Gasteiger partial charge in [-0.1, -0.05) is 30.3 Å². The Morgan fingerprint density at radius 2 is 1.62 bits per heavy atom. The van der Waals surface area contributed by atoms with Crippen LogP contribution in [0.4, 0.5) is 13.2 Å². The van der Waals surface area contributed by atoms with E-state index in [1.165, 1.54) is 12.1 Å². The fourth-order valence-corrected chi connectivity index (χ4v) is 2.44. The van der Waals surface area contributed by atoms with E-state index in [1.807, 2.05) is 24.3 Å². The van der Waals surface area contributed by atoms with Crippen molar-refractivity contribution in [2.45, 2.75) is 24.4 Å². The van der Waals surface area contributed by atoms with Crippen LogP contribution < -0.4 is 0 Å². The molecule has 1 nitrogen and oxygen atoms in total. The van der Waals surface area contributed by atoms with Crippen LogP contribution in [-0.4, -0.2) is 0 Å². The zero-order valence-corrected chi connectivity index (χ0v) is 11.1. The standard InChI is InChI=1S/C17H12F3N/c18-17(19,20)14-6-4-12(5-7-14)13-2-1-3-15(10-13)16(11-21)8-9-16/h1-7,10H,8-9H2. The van der Waals surface area contributed by atoms with Gasteiger partial charge in [0, 0.05) is 0 Å². The molecule has 2 aromatic rings. The van der Waals surface area contributed by atoms with Gasteiger partial charge in [0.1, 0.15) is 0 Å². The minimum absolute atomic E-state index is 0.387. The first kappa shape index (κ1) is 13.7. The Morgan fingerprint density at radius 1 is 0.952 bits per heavy atom. The molecule has 1 aliphatic rings. The second-order valence-corrected chi connectivity index (χ2v) is 5.35. The van der Waals surface area contributed by atoms with E-state index in [0.29, 0.717) is 0 Å². The second-order valence-electron chi connectivity index (χ2n) is 5.35. The normalized spacial score (nSPS) is 16.3. The molecule has 0 amide bonds. The van der Waals surface area contributed by atoms with Gasteiger partial charge in [0.15, 0.2) is 0 Å². The molecule has 0 heterocycles. The van der Waals surface area contributed by atoms with Gasteiger partial charge in [-0.2, -0.15) is 18.4 Å². The SMILES string of the molecule is N#CC1(c2cccc(-c3ccc(C(F)(F)F)cc3)c2)CC1. The van der Waals surface area contributed by atoms with Crippen molar-refractivity contribution in [1.29, 1.82) is 5.26 Å². The van der Waals surface area contributed by atoms with Crippen LogP contribution in [0.25, 0.3) is 11.1 Å². The molecule has 0 unspecified atom stereocenters. The summed E-state index contributed by atoms with van der Waals surface area (Å²) in [5.74, 6) is 0. The first-order chi connectivity index (χ1) is 9.94. The van der Waals surface area contributed by atoms with Crippen molar-refractivity contribution in [2.24, 2.45) is 0 Å². The Bertz CT molecular complexity index is 704. The third kappa shape index (κ3) is 2.52. The molecule has 0 saturated heterocycles. The summed E-state index contributed by atoms with van der Waals surface area (Å²) in [6.07, 6.45) is -2.63. The van der Waals surface area contributed by atoms with Crippen LogP contribution in [-0.2, 0) is 11.6 Å². The molecule has 0 aliphatic heterocycles. The molecule has 21 heavy (non-hydrogen) atoms. The zero-order chi connectivity index (χ0) is 15.1. The summed E-state index contributed by atoms with van der Waals surface area (Å²) < 4.78 is 37.7. The van der Waals surface area contributed by atoms with Crippen molar-refractivity contribution in [3.05, 3.63) is 59.7 Å². The van der Waals surface area contributed by atoms with Gasteiger partial charge in [0.2, 0.25) is 0 Å². The number of benzene rings is 2. The lowest BCUT2D eigenvalue weighted by Gasteiger charge is -2.10. The molecule has 3 rings (SSSR count). The van der Waals surface area contributed by atoms with Gasteiger partial charge >= 0.3 is 6.18 Å². The number of nitrogens with zero attached hydrogens (tertiary/aromatic N) is 1. The molecular weight excluding hydrogens is 275 g/mol. The molecule has 0 aromatic heterocycles. The minimum atomic E-state index is -4.32. The zero-order valence-electron chi connectivity index (χ0n) is 11.1. The molecule has 0 radical (unpaired) electrons. The number of nitriles is 1. The summed E-state index contributed by atoms with van der Waals surface area (Å²) in [5, 5.41) is 9.22. The summed E-state index contributed by atoms with van der Waals surface area (Å²) in [7, 11) is 0. The molecule has 106 valence electrons. The molecule has 0 spiro atoms. The van der Waals surface area contributed by atoms with Gasteiger partial charge < -0.3 is 0 Å². The lowest BCUT2D eigenvalue weighted by atomic mass is 9.93. The molecule has 1 aliphatic carbocycles. The maximum atomic E-state index is 12.6. The van der Waals surface area contributed by atoms with Gasteiger partial charge in [-0.05, 0) is 47.7 Å². The smallest absolute Gasteiger partial charge is 0.197 e. The Balaban J connectivity index is 1.95. The van der Waals surface area contributed by atoms with Crippen molar-refractivity contribution in [2.75, 3.05) is 0 Å². The van der Waals surface area contributed by atoms with Gasteiger partial charge in [-0.25, -0.2) is 0 Å². The van der Waals surface area contributed by atoms with Crippen LogP contribution in [0.2, 0.25) is 0 Å². The fourth-order valence-electron chi connectivity index (χ4n) is 2.44. The van der Waals surface area contributed by atoms with Crippen molar-refractivity contribution >= 4 is 0 Å². The molecular formula is C17H12F3N. The number of alkyl halides is 3. The first-order valence-electron chi connectivity index (χ1n) is 6.64. The lowest BCUT2D eigenvalue weighted by Crippen LogP contribution is -2.04. The largest absolute Gasteiger partial charge is 0.416 e. The van der Waals surface area contributed by atoms with Crippen molar-refractivity contribution < 1.29 is 13.2 Å². The third-order valence-corrected chi connectivity index (χ3v) is 3.92. The van der Waals surface area contributed by atoms with E-state index in [9.17, 15) is 18.4 Å². The summed E-state index contributed by atoms with van der Waals surface area (Å²) in [5.41, 5.74) is 1.46. The average Bonchev–Trinajstić information content (AvgIpc) is 3.28. The number of halogens is 3. The van der Waals surface area contributed by atoms with Gasteiger partial charge in [0.05, 0.1) is 17.0 Å². The highest BCUT2D eigenvalue weighted by Gasteiger charge is 2.44. The molecule has 0 bridgehead atoms. The summed E-state index contributed by atoms with van der Waals surface area (Å²) in [6, 6.07) is 14.9. The third-order valence-electron chi connectivity index (χ3n) is 3.92. The predicted molar refractivity (Wildman–Crippen MR) is 73.4 cm³/mol. The molecule has 2 aromatic carbocycles. The lowest BCUT2D eigenvalue weighted by molar-refractivity contribution is -0.137. The predicted octanol–water partition coefficient (Wildman–Crippen LogP) is 4.93. The highest BCUT2D eigenvalue weighted by molar-refractivity contribution is 5.65. The minimum Gasteiger partial charge on any atom is -0.197 e. The quantitative estimate of drug-likeness (QED) is 0.768. The average molecular weight is 287 g/mol. The maximum Gasteiger partial charge on any atom is 0.416 e. The van der Waals surface area contributed by atoms with E-state index in [4.69, 9.17) is 0 Å². The van der Waals surface area contributed by atoms with Crippen LogP contribution in [0.1, 0.15) is 24.0 Å². The fraction of sp³-hybridized carbons (Fsp3) is 0.235. The van der Waals surface area contributed by atoms with Crippen molar-refractivity contribution in [3.63, 3.8) is 0 Å². The van der Waals surface area contributed by atoms with E-state index >= 15 is 0 Å². The molecule has 4 heteroatoms. The second kappa shape index (κ2) is 4.63. The summed E-state index contributed by atoms with van der Waals surface area (Å²) in [6.45, 7) is 0. The highest BCUT2D eigenvalue weighted by Crippen LogP contribution is 2.48. The molecule has 0 N–H and O–H groups in total. The molecule has 0 atom stereocenters. The Kier molecular flexibility index (Phi) is 3.02. The van der Waals surface area contributed by atoms with E-state index < -0.39 is 11.7 Å². The monoisotopic (exact) mass is 287 g/mol. The van der Waals surface area contributed by atoms with Gasteiger partial charge in [0.25, 0.3) is 0 Å².